The van der Waals surface area contributed by atoms with E-state index in [9.17, 15) is 0 Å². The van der Waals surface area contributed by atoms with Crippen LogP contribution in [0.2, 0.25) is 10.0 Å². The monoisotopic (exact) mass is 217 g/mol. The van der Waals surface area contributed by atoms with Crippen molar-refractivity contribution in [2.24, 2.45) is 0 Å². The van der Waals surface area contributed by atoms with Gasteiger partial charge in [-0.2, -0.15) is 0 Å². The molecular weight excluding hydrogens is 211 g/mol. The lowest BCUT2D eigenvalue weighted by atomic mass is 10.2. The van der Waals surface area contributed by atoms with Crippen molar-refractivity contribution in [1.82, 2.24) is 0 Å². The van der Waals surface area contributed by atoms with E-state index in [0.29, 0.717) is 29.5 Å². The molecule has 0 aliphatic carbocycles. The summed E-state index contributed by atoms with van der Waals surface area (Å²) < 4.78 is 10.5. The molecular formula is C9H7Cl2O2. The first kappa shape index (κ1) is 9.28. The normalized spacial score (nSPS) is 18.0. The van der Waals surface area contributed by atoms with E-state index >= 15 is 0 Å². The molecule has 0 bridgehead atoms. The SMILES string of the molecule is Clc1ccc([C]2OCCO2)cc1Cl. The predicted octanol–water partition coefficient (Wildman–Crippen LogP) is 2.88. The molecule has 69 valence electrons. The fourth-order valence-electron chi connectivity index (χ4n) is 1.10. The first-order chi connectivity index (χ1) is 6.27. The van der Waals surface area contributed by atoms with Crippen LogP contribution in [0.15, 0.2) is 18.2 Å². The van der Waals surface area contributed by atoms with Gasteiger partial charge in [0.2, 0.25) is 0 Å². The van der Waals surface area contributed by atoms with Gasteiger partial charge in [-0.05, 0) is 12.1 Å². The third kappa shape index (κ3) is 1.97. The average molecular weight is 218 g/mol. The van der Waals surface area contributed by atoms with Crippen molar-refractivity contribution in [1.29, 1.82) is 0 Å². The first-order valence-electron chi connectivity index (χ1n) is 3.85. The van der Waals surface area contributed by atoms with E-state index in [1.807, 2.05) is 6.07 Å². The van der Waals surface area contributed by atoms with Gasteiger partial charge in [-0.15, -0.1) is 0 Å². The van der Waals surface area contributed by atoms with Gasteiger partial charge in [-0.1, -0.05) is 29.3 Å². The van der Waals surface area contributed by atoms with Crippen LogP contribution >= 0.6 is 23.2 Å². The van der Waals surface area contributed by atoms with Gasteiger partial charge in [0.25, 0.3) is 6.29 Å². The van der Waals surface area contributed by atoms with Crippen molar-refractivity contribution in [2.75, 3.05) is 13.2 Å². The van der Waals surface area contributed by atoms with Gasteiger partial charge < -0.3 is 9.47 Å². The largest absolute Gasteiger partial charge is 0.339 e. The van der Waals surface area contributed by atoms with Crippen LogP contribution in [0.1, 0.15) is 5.56 Å². The van der Waals surface area contributed by atoms with Gasteiger partial charge in [0.15, 0.2) is 0 Å². The molecule has 0 unspecified atom stereocenters. The van der Waals surface area contributed by atoms with Crippen LogP contribution in [0.4, 0.5) is 0 Å². The van der Waals surface area contributed by atoms with Crippen molar-refractivity contribution < 1.29 is 9.47 Å². The van der Waals surface area contributed by atoms with Crippen LogP contribution in [0, 0.1) is 6.29 Å². The summed E-state index contributed by atoms with van der Waals surface area (Å²) in [5, 5.41) is 1.04. The minimum absolute atomic E-state index is 0.505. The minimum Gasteiger partial charge on any atom is -0.339 e. The van der Waals surface area contributed by atoms with Gasteiger partial charge in [0.1, 0.15) is 0 Å². The molecule has 1 heterocycles. The zero-order chi connectivity index (χ0) is 9.26. The Labute approximate surface area is 86.4 Å². The summed E-state index contributed by atoms with van der Waals surface area (Å²) in [6, 6.07) is 5.26. The first-order valence-corrected chi connectivity index (χ1v) is 4.61. The van der Waals surface area contributed by atoms with Crippen LogP contribution in [0.25, 0.3) is 0 Å². The highest BCUT2D eigenvalue weighted by molar-refractivity contribution is 6.42. The van der Waals surface area contributed by atoms with E-state index in [0.717, 1.165) is 5.56 Å². The Kier molecular flexibility index (Phi) is 2.74. The summed E-state index contributed by atoms with van der Waals surface area (Å²) in [5.41, 5.74) is 0.826. The Morgan fingerprint density at radius 3 is 2.31 bits per heavy atom. The Morgan fingerprint density at radius 2 is 1.69 bits per heavy atom. The van der Waals surface area contributed by atoms with E-state index in [4.69, 9.17) is 32.7 Å². The number of halogens is 2. The molecule has 0 saturated carbocycles. The molecule has 1 aromatic carbocycles. The average Bonchev–Trinajstić information content (AvgIpc) is 2.62. The lowest BCUT2D eigenvalue weighted by Crippen LogP contribution is -1.98. The van der Waals surface area contributed by atoms with E-state index < -0.39 is 0 Å². The van der Waals surface area contributed by atoms with Crippen LogP contribution in [-0.4, -0.2) is 13.2 Å². The molecule has 0 N–H and O–H groups in total. The fraction of sp³-hybridized carbons (Fsp3) is 0.222. The second kappa shape index (κ2) is 3.84. The highest BCUT2D eigenvalue weighted by Crippen LogP contribution is 2.28. The molecule has 0 aromatic heterocycles. The van der Waals surface area contributed by atoms with Gasteiger partial charge in [0, 0.05) is 5.56 Å². The maximum absolute atomic E-state index is 5.84. The smallest absolute Gasteiger partial charge is 0.256 e. The van der Waals surface area contributed by atoms with E-state index in [-0.39, 0.29) is 0 Å². The lowest BCUT2D eigenvalue weighted by molar-refractivity contribution is 0.0997. The summed E-state index contributed by atoms with van der Waals surface area (Å²) in [5.74, 6) is 0. The van der Waals surface area contributed by atoms with E-state index in [1.54, 1.807) is 12.1 Å². The summed E-state index contributed by atoms with van der Waals surface area (Å²) in [4.78, 5) is 0. The molecule has 13 heavy (non-hydrogen) atoms. The minimum atomic E-state index is 0.505. The second-order valence-corrected chi connectivity index (χ2v) is 3.43. The van der Waals surface area contributed by atoms with Crippen LogP contribution < -0.4 is 0 Å². The second-order valence-electron chi connectivity index (χ2n) is 2.61. The Hall–Kier alpha value is -0.280. The third-order valence-corrected chi connectivity index (χ3v) is 2.44. The van der Waals surface area contributed by atoms with Crippen LogP contribution in [0.5, 0.6) is 0 Å². The zero-order valence-electron chi connectivity index (χ0n) is 6.72. The highest BCUT2D eigenvalue weighted by Gasteiger charge is 2.20. The molecule has 1 aromatic rings. The molecule has 1 radical (unpaired) electrons. The molecule has 1 fully saturated rings. The standard InChI is InChI=1S/C9H7Cl2O2/c10-7-2-1-6(5-8(7)11)9-12-3-4-13-9/h1-2,5H,3-4H2. The van der Waals surface area contributed by atoms with Crippen molar-refractivity contribution in [3.8, 4) is 0 Å². The maximum Gasteiger partial charge on any atom is 0.256 e. The zero-order valence-corrected chi connectivity index (χ0v) is 8.23. The Morgan fingerprint density at radius 1 is 1.00 bits per heavy atom. The maximum atomic E-state index is 5.84. The Balaban J connectivity index is 2.25. The number of hydrogen-bond donors (Lipinski definition) is 0. The number of rotatable bonds is 1. The van der Waals surface area contributed by atoms with E-state index in [2.05, 4.69) is 0 Å². The van der Waals surface area contributed by atoms with Gasteiger partial charge in [-0.25, -0.2) is 0 Å². The van der Waals surface area contributed by atoms with Gasteiger partial charge in [0.05, 0.1) is 23.3 Å². The predicted molar refractivity (Wildman–Crippen MR) is 50.7 cm³/mol. The van der Waals surface area contributed by atoms with Crippen molar-refractivity contribution in [2.45, 2.75) is 0 Å². The van der Waals surface area contributed by atoms with Crippen LogP contribution in [-0.2, 0) is 9.47 Å². The topological polar surface area (TPSA) is 18.5 Å². The molecule has 2 rings (SSSR count). The summed E-state index contributed by atoms with van der Waals surface area (Å²) in [6.07, 6.45) is 0.526. The summed E-state index contributed by atoms with van der Waals surface area (Å²) in [7, 11) is 0. The quantitative estimate of drug-likeness (QED) is 0.721. The van der Waals surface area contributed by atoms with E-state index in [1.165, 1.54) is 0 Å². The molecule has 1 saturated heterocycles. The molecule has 1 aliphatic heterocycles. The van der Waals surface area contributed by atoms with Crippen molar-refractivity contribution in [3.63, 3.8) is 0 Å². The van der Waals surface area contributed by atoms with Gasteiger partial charge in [-0.3, -0.25) is 0 Å². The molecule has 0 spiro atoms. The number of benzene rings is 1. The van der Waals surface area contributed by atoms with Gasteiger partial charge >= 0.3 is 0 Å². The lowest BCUT2D eigenvalue weighted by Gasteiger charge is -2.07. The highest BCUT2D eigenvalue weighted by atomic mass is 35.5. The molecule has 2 nitrogen and oxygen atoms in total. The molecule has 0 amide bonds. The number of ether oxygens (including phenoxy) is 2. The Bertz CT molecular complexity index is 308. The van der Waals surface area contributed by atoms with Crippen molar-refractivity contribution >= 4 is 23.2 Å². The van der Waals surface area contributed by atoms with Crippen molar-refractivity contribution in [3.05, 3.63) is 40.1 Å². The molecule has 0 atom stereocenters. The third-order valence-electron chi connectivity index (χ3n) is 1.70. The summed E-state index contributed by atoms with van der Waals surface area (Å²) >= 11 is 11.6. The summed E-state index contributed by atoms with van der Waals surface area (Å²) in [6.45, 7) is 1.19. The number of hydrogen-bond acceptors (Lipinski definition) is 2. The van der Waals surface area contributed by atoms with Crippen LogP contribution in [0.3, 0.4) is 0 Å². The molecule has 4 heteroatoms. The molecule has 1 aliphatic rings. The fourth-order valence-corrected chi connectivity index (χ4v) is 1.40.